The number of rotatable bonds is 9. The van der Waals surface area contributed by atoms with Crippen molar-refractivity contribution in [3.63, 3.8) is 0 Å². The summed E-state index contributed by atoms with van der Waals surface area (Å²) >= 11 is 0. The van der Waals surface area contributed by atoms with Crippen LogP contribution in [0.15, 0.2) is 49.1 Å². The van der Waals surface area contributed by atoms with Crippen molar-refractivity contribution in [1.29, 1.82) is 0 Å². The van der Waals surface area contributed by atoms with Gasteiger partial charge in [0, 0.05) is 0 Å². The summed E-state index contributed by atoms with van der Waals surface area (Å²) in [5.74, 6) is 2.77. The van der Waals surface area contributed by atoms with Crippen LogP contribution < -0.4 is 0 Å². The maximum absolute atomic E-state index is 4.32. The summed E-state index contributed by atoms with van der Waals surface area (Å²) in [7, 11) is 0. The third kappa shape index (κ3) is 6.50. The van der Waals surface area contributed by atoms with Crippen molar-refractivity contribution in [2.75, 3.05) is 0 Å². The van der Waals surface area contributed by atoms with E-state index in [-0.39, 0.29) is 0 Å². The van der Waals surface area contributed by atoms with E-state index >= 15 is 0 Å². The highest BCUT2D eigenvalue weighted by molar-refractivity contribution is 5.19. The van der Waals surface area contributed by atoms with Crippen LogP contribution in [-0.2, 0) is 0 Å². The molecule has 0 aliphatic heterocycles. The molecule has 0 aromatic carbocycles. The average molecular weight is 287 g/mol. The van der Waals surface area contributed by atoms with Gasteiger partial charge in [0.2, 0.25) is 0 Å². The first-order valence-electron chi connectivity index (χ1n) is 8.74. The van der Waals surface area contributed by atoms with Crippen LogP contribution in [-0.4, -0.2) is 0 Å². The van der Waals surface area contributed by atoms with Crippen LogP contribution in [0.1, 0.15) is 65.2 Å². The van der Waals surface area contributed by atoms with Crippen molar-refractivity contribution in [2.24, 2.45) is 17.8 Å². The molecule has 21 heavy (non-hydrogen) atoms. The molecule has 1 fully saturated rings. The van der Waals surface area contributed by atoms with Crippen molar-refractivity contribution in [3.8, 4) is 0 Å². The Morgan fingerprint density at radius 2 is 1.81 bits per heavy atom. The van der Waals surface area contributed by atoms with Gasteiger partial charge in [-0.15, -0.1) is 0 Å². The quantitative estimate of drug-likeness (QED) is 0.320. The molecule has 3 atom stereocenters. The molecule has 0 nitrogen and oxygen atoms in total. The lowest BCUT2D eigenvalue weighted by atomic mass is 9.70. The molecule has 0 heteroatoms. The molecule has 0 bridgehead atoms. The zero-order valence-corrected chi connectivity index (χ0v) is 14.2. The minimum absolute atomic E-state index is 0.877. The number of hydrogen-bond donors (Lipinski definition) is 0. The molecule has 0 saturated heterocycles. The highest BCUT2D eigenvalue weighted by Gasteiger charge is 2.28. The zero-order chi connectivity index (χ0) is 15.7. The average Bonchev–Trinajstić information content (AvgIpc) is 2.51. The van der Waals surface area contributed by atoms with E-state index in [2.05, 4.69) is 39.7 Å². The van der Waals surface area contributed by atoms with Crippen LogP contribution >= 0.6 is 0 Å². The Morgan fingerprint density at radius 1 is 1.05 bits per heavy atom. The van der Waals surface area contributed by atoms with E-state index in [4.69, 9.17) is 0 Å². The van der Waals surface area contributed by atoms with E-state index in [9.17, 15) is 0 Å². The SMILES string of the molecule is C=C/C=C\C(=C)CCC(=C)CC1CCC(CC)CC1CC. The predicted octanol–water partition coefficient (Wildman–Crippen LogP) is 6.86. The first-order valence-corrected chi connectivity index (χ1v) is 8.74. The van der Waals surface area contributed by atoms with Crippen LogP contribution in [0.2, 0.25) is 0 Å². The normalized spacial score (nSPS) is 25.9. The smallest absolute Gasteiger partial charge is 0.0247 e. The molecule has 0 aromatic heterocycles. The Bertz CT molecular complexity index is 371. The van der Waals surface area contributed by atoms with Gasteiger partial charge in [0.15, 0.2) is 0 Å². The lowest BCUT2D eigenvalue weighted by Gasteiger charge is -2.36. The highest BCUT2D eigenvalue weighted by atomic mass is 14.3. The first-order chi connectivity index (χ1) is 10.1. The highest BCUT2D eigenvalue weighted by Crippen LogP contribution is 2.40. The van der Waals surface area contributed by atoms with Crippen LogP contribution in [0.3, 0.4) is 0 Å². The predicted molar refractivity (Wildman–Crippen MR) is 96.4 cm³/mol. The summed E-state index contributed by atoms with van der Waals surface area (Å²) in [5.41, 5.74) is 2.60. The summed E-state index contributed by atoms with van der Waals surface area (Å²) in [5, 5.41) is 0. The topological polar surface area (TPSA) is 0 Å². The molecule has 1 aliphatic carbocycles. The molecule has 118 valence electrons. The lowest BCUT2D eigenvalue weighted by molar-refractivity contribution is 0.169. The lowest BCUT2D eigenvalue weighted by Crippen LogP contribution is -2.24. The zero-order valence-electron chi connectivity index (χ0n) is 14.2. The Labute approximate surface area is 132 Å². The Hall–Kier alpha value is -1.04. The monoisotopic (exact) mass is 286 g/mol. The maximum atomic E-state index is 4.32. The molecular formula is C21H34. The van der Waals surface area contributed by atoms with Gasteiger partial charge in [-0.3, -0.25) is 0 Å². The standard InChI is InChI=1S/C21H34/c1-6-9-10-17(4)11-12-18(5)15-21-14-13-19(7-2)16-20(21)8-3/h6,9-10,19-21H,1,4-5,7-8,11-16H2,2-3H3/b10-9-. The Morgan fingerprint density at radius 3 is 2.43 bits per heavy atom. The third-order valence-electron chi connectivity index (χ3n) is 5.17. The van der Waals surface area contributed by atoms with E-state index in [1.165, 1.54) is 49.7 Å². The summed E-state index contributed by atoms with van der Waals surface area (Å²) in [4.78, 5) is 0. The van der Waals surface area contributed by atoms with Gasteiger partial charge in [-0.2, -0.15) is 0 Å². The van der Waals surface area contributed by atoms with Crippen LogP contribution in [0.5, 0.6) is 0 Å². The second-order valence-electron chi connectivity index (χ2n) is 6.72. The van der Waals surface area contributed by atoms with Gasteiger partial charge in [-0.05, 0) is 49.9 Å². The second kappa shape index (κ2) is 9.82. The summed E-state index contributed by atoms with van der Waals surface area (Å²) in [6.45, 7) is 16.8. The first kappa shape index (κ1) is 18.0. The minimum Gasteiger partial charge on any atom is -0.0998 e. The second-order valence-corrected chi connectivity index (χ2v) is 6.72. The van der Waals surface area contributed by atoms with Crippen molar-refractivity contribution in [1.82, 2.24) is 0 Å². The Balaban J connectivity index is 2.38. The van der Waals surface area contributed by atoms with Crippen LogP contribution in [0.4, 0.5) is 0 Å². The van der Waals surface area contributed by atoms with Crippen molar-refractivity contribution >= 4 is 0 Å². The van der Waals surface area contributed by atoms with Gasteiger partial charge in [0.1, 0.15) is 0 Å². The van der Waals surface area contributed by atoms with Gasteiger partial charge in [-0.1, -0.05) is 82.2 Å². The number of hydrogen-bond acceptors (Lipinski definition) is 0. The largest absolute Gasteiger partial charge is 0.0998 e. The number of allylic oxidation sites excluding steroid dienone is 5. The van der Waals surface area contributed by atoms with E-state index in [0.717, 1.165) is 30.6 Å². The third-order valence-corrected chi connectivity index (χ3v) is 5.17. The summed E-state index contributed by atoms with van der Waals surface area (Å²) < 4.78 is 0. The molecule has 0 radical (unpaired) electrons. The molecule has 1 rings (SSSR count). The molecular weight excluding hydrogens is 252 g/mol. The van der Waals surface area contributed by atoms with Crippen LogP contribution in [0.25, 0.3) is 0 Å². The van der Waals surface area contributed by atoms with Crippen LogP contribution in [0, 0.1) is 17.8 Å². The molecule has 0 N–H and O–H groups in total. The van der Waals surface area contributed by atoms with E-state index in [0.29, 0.717) is 0 Å². The fraction of sp³-hybridized carbons (Fsp3) is 0.619. The molecule has 1 aliphatic rings. The van der Waals surface area contributed by atoms with Gasteiger partial charge in [-0.25, -0.2) is 0 Å². The maximum Gasteiger partial charge on any atom is -0.0247 e. The molecule has 0 heterocycles. The van der Waals surface area contributed by atoms with Gasteiger partial charge >= 0.3 is 0 Å². The fourth-order valence-corrected chi connectivity index (χ4v) is 3.66. The molecule has 0 aromatic rings. The summed E-state index contributed by atoms with van der Waals surface area (Å²) in [6.07, 6.45) is 16.2. The van der Waals surface area contributed by atoms with Gasteiger partial charge < -0.3 is 0 Å². The van der Waals surface area contributed by atoms with Crippen molar-refractivity contribution in [3.05, 3.63) is 49.1 Å². The minimum atomic E-state index is 0.877. The molecule has 0 spiro atoms. The van der Waals surface area contributed by atoms with Gasteiger partial charge in [0.25, 0.3) is 0 Å². The molecule has 1 saturated carbocycles. The Kier molecular flexibility index (Phi) is 8.42. The van der Waals surface area contributed by atoms with Crippen molar-refractivity contribution < 1.29 is 0 Å². The van der Waals surface area contributed by atoms with E-state index in [1.807, 2.05) is 6.08 Å². The summed E-state index contributed by atoms with van der Waals surface area (Å²) in [6, 6.07) is 0. The van der Waals surface area contributed by atoms with Gasteiger partial charge in [0.05, 0.1) is 0 Å². The van der Waals surface area contributed by atoms with E-state index < -0.39 is 0 Å². The molecule has 3 unspecified atom stereocenters. The van der Waals surface area contributed by atoms with E-state index in [1.54, 1.807) is 6.08 Å². The van der Waals surface area contributed by atoms with Crippen molar-refractivity contribution in [2.45, 2.75) is 65.2 Å². The fourth-order valence-electron chi connectivity index (χ4n) is 3.66. The molecule has 0 amide bonds.